The Balaban J connectivity index is 2.53. The molecule has 0 amide bonds. The van der Waals surface area contributed by atoms with Crippen LogP contribution in [0.2, 0.25) is 0 Å². The van der Waals surface area contributed by atoms with Gasteiger partial charge in [0.15, 0.2) is 0 Å². The molecule has 3 aliphatic carbocycles. The van der Waals surface area contributed by atoms with Gasteiger partial charge in [0.05, 0.1) is 0 Å². The van der Waals surface area contributed by atoms with Gasteiger partial charge in [-0.2, -0.15) is 0 Å². The molecule has 0 radical (unpaired) electrons. The Labute approximate surface area is 117 Å². The molecule has 3 rings (SSSR count). The van der Waals surface area contributed by atoms with Crippen molar-refractivity contribution in [2.24, 2.45) is 11.8 Å². The van der Waals surface area contributed by atoms with Crippen molar-refractivity contribution in [2.45, 2.75) is 37.9 Å². The zero-order chi connectivity index (χ0) is 15.0. The van der Waals surface area contributed by atoms with Crippen LogP contribution in [0.25, 0.3) is 0 Å². The van der Waals surface area contributed by atoms with Gasteiger partial charge in [-0.05, 0) is 26.7 Å². The van der Waals surface area contributed by atoms with Crippen LogP contribution in [0, 0.1) is 11.8 Å². The van der Waals surface area contributed by atoms with Gasteiger partial charge in [0.2, 0.25) is 0 Å². The smallest absolute Gasteiger partial charge is 0.310 e. The second-order valence-corrected chi connectivity index (χ2v) is 5.24. The van der Waals surface area contributed by atoms with Crippen molar-refractivity contribution in [3.8, 4) is 0 Å². The van der Waals surface area contributed by atoms with Crippen molar-refractivity contribution in [2.75, 3.05) is 13.2 Å². The van der Waals surface area contributed by atoms with Gasteiger partial charge in [0, 0.05) is 13.2 Å². The highest BCUT2D eigenvalue weighted by molar-refractivity contribution is 5.84. The van der Waals surface area contributed by atoms with E-state index in [9.17, 15) is 19.8 Å². The van der Waals surface area contributed by atoms with Gasteiger partial charge in [-0.25, -0.2) is 0 Å². The quantitative estimate of drug-likeness (QED) is 0.714. The highest BCUT2D eigenvalue weighted by atomic mass is 16.5. The van der Waals surface area contributed by atoms with E-state index in [2.05, 4.69) is 0 Å². The first kappa shape index (κ1) is 15.0. The van der Waals surface area contributed by atoms with Crippen LogP contribution >= 0.6 is 0 Å². The van der Waals surface area contributed by atoms with Gasteiger partial charge in [-0.15, -0.1) is 0 Å². The predicted molar refractivity (Wildman–Crippen MR) is 69.3 cm³/mol. The molecule has 20 heavy (non-hydrogen) atoms. The summed E-state index contributed by atoms with van der Waals surface area (Å²) in [7, 11) is 0. The summed E-state index contributed by atoms with van der Waals surface area (Å²) in [5, 5.41) is 19.0. The van der Waals surface area contributed by atoms with Crippen molar-refractivity contribution >= 4 is 11.9 Å². The van der Waals surface area contributed by atoms with Crippen molar-refractivity contribution in [3.05, 3.63) is 12.2 Å². The molecule has 0 heterocycles. The molecule has 2 bridgehead atoms. The van der Waals surface area contributed by atoms with E-state index in [1.807, 2.05) is 0 Å². The van der Waals surface area contributed by atoms with Gasteiger partial charge >= 0.3 is 11.9 Å². The number of ether oxygens (including phenoxy) is 2. The van der Waals surface area contributed by atoms with E-state index in [0.717, 1.165) is 0 Å². The zero-order valence-electron chi connectivity index (χ0n) is 11.7. The Morgan fingerprint density at radius 1 is 1.00 bits per heavy atom. The van der Waals surface area contributed by atoms with Gasteiger partial charge in [-0.1, -0.05) is 12.2 Å². The Morgan fingerprint density at radius 2 is 1.35 bits per heavy atom. The molecule has 2 N–H and O–H groups in total. The molecule has 112 valence electrons. The number of aliphatic carboxylic acids is 2. The van der Waals surface area contributed by atoms with E-state index in [1.165, 1.54) is 0 Å². The van der Waals surface area contributed by atoms with Crippen LogP contribution in [0.5, 0.6) is 0 Å². The average molecular weight is 284 g/mol. The summed E-state index contributed by atoms with van der Waals surface area (Å²) in [4.78, 5) is 23.3. The summed E-state index contributed by atoms with van der Waals surface area (Å²) in [6.07, 6.45) is 4.29. The van der Waals surface area contributed by atoms with Crippen molar-refractivity contribution < 1.29 is 29.3 Å². The number of hydrogen-bond donors (Lipinski definition) is 2. The van der Waals surface area contributed by atoms with E-state index < -0.39 is 35.0 Å². The topological polar surface area (TPSA) is 93.1 Å². The molecule has 0 aromatic rings. The molecule has 6 nitrogen and oxygen atoms in total. The van der Waals surface area contributed by atoms with E-state index in [-0.39, 0.29) is 0 Å². The van der Waals surface area contributed by atoms with Crippen molar-refractivity contribution in [3.63, 3.8) is 0 Å². The van der Waals surface area contributed by atoms with Gasteiger partial charge in [0.25, 0.3) is 0 Å². The molecule has 3 aliphatic rings. The largest absolute Gasteiger partial charge is 0.481 e. The third-order valence-corrected chi connectivity index (χ3v) is 4.30. The molecule has 0 aliphatic heterocycles. The van der Waals surface area contributed by atoms with Crippen LogP contribution in [0.15, 0.2) is 12.2 Å². The van der Waals surface area contributed by atoms with Crippen LogP contribution < -0.4 is 0 Å². The Morgan fingerprint density at radius 3 is 1.55 bits per heavy atom. The van der Waals surface area contributed by atoms with Crippen molar-refractivity contribution in [1.29, 1.82) is 0 Å². The van der Waals surface area contributed by atoms with Gasteiger partial charge < -0.3 is 19.7 Å². The summed E-state index contributed by atoms with van der Waals surface area (Å²) < 4.78 is 11.3. The van der Waals surface area contributed by atoms with E-state index >= 15 is 0 Å². The van der Waals surface area contributed by atoms with Gasteiger partial charge in [0.1, 0.15) is 23.0 Å². The zero-order valence-corrected chi connectivity index (χ0v) is 11.7. The fourth-order valence-corrected chi connectivity index (χ4v) is 3.58. The van der Waals surface area contributed by atoms with Crippen molar-refractivity contribution in [1.82, 2.24) is 0 Å². The maximum Gasteiger partial charge on any atom is 0.310 e. The molecule has 0 saturated heterocycles. The summed E-state index contributed by atoms with van der Waals surface area (Å²) in [6, 6.07) is 0. The summed E-state index contributed by atoms with van der Waals surface area (Å²) in [5.41, 5.74) is -2.08. The molecular formula is C14H20O6. The fraction of sp³-hybridized carbons (Fsp3) is 0.714. The molecule has 4 atom stereocenters. The number of fused-ring (bicyclic) bond motifs is 2. The molecule has 0 aromatic carbocycles. The van der Waals surface area contributed by atoms with E-state index in [1.54, 1.807) is 26.0 Å². The predicted octanol–water partition coefficient (Wildman–Crippen LogP) is 1.30. The minimum atomic E-state index is -1.15. The highest BCUT2D eigenvalue weighted by Crippen LogP contribution is 2.53. The number of carbonyl (C=O) groups is 2. The van der Waals surface area contributed by atoms with E-state index in [4.69, 9.17) is 9.47 Å². The molecule has 4 unspecified atom stereocenters. The lowest BCUT2D eigenvalue weighted by atomic mass is 9.57. The summed E-state index contributed by atoms with van der Waals surface area (Å²) >= 11 is 0. The third kappa shape index (κ3) is 2.03. The maximum atomic E-state index is 11.7. The summed E-state index contributed by atoms with van der Waals surface area (Å²) in [5.74, 6) is -4.58. The van der Waals surface area contributed by atoms with E-state index in [0.29, 0.717) is 26.1 Å². The highest BCUT2D eigenvalue weighted by Gasteiger charge is 2.64. The maximum absolute atomic E-state index is 11.7. The normalized spacial score (nSPS) is 38.9. The Bertz CT molecular complexity index is 405. The number of carboxylic acid groups (broad SMARTS) is 2. The number of carboxylic acids is 2. The molecule has 6 heteroatoms. The summed E-state index contributed by atoms with van der Waals surface area (Å²) in [6.45, 7) is 4.22. The minimum absolute atomic E-state index is 0.335. The third-order valence-electron chi connectivity index (χ3n) is 4.30. The van der Waals surface area contributed by atoms with Crippen LogP contribution in [0.1, 0.15) is 26.7 Å². The lowest BCUT2D eigenvalue weighted by molar-refractivity contribution is -0.206. The number of rotatable bonds is 6. The van der Waals surface area contributed by atoms with Crippen LogP contribution in [-0.2, 0) is 19.1 Å². The molecule has 1 saturated carbocycles. The molecule has 0 aromatic heterocycles. The molecule has 1 fully saturated rings. The fourth-order valence-electron chi connectivity index (χ4n) is 3.58. The van der Waals surface area contributed by atoms with Crippen LogP contribution in [0.3, 0.4) is 0 Å². The number of hydrogen-bond acceptors (Lipinski definition) is 4. The lowest BCUT2D eigenvalue weighted by Crippen LogP contribution is -2.65. The standard InChI is InChI=1S/C14H20O6/c1-3-19-13-5-7-14(8-6-13,20-4-2)10(12(17)18)9(13)11(15)16/h5,7,9-10H,3-4,6,8H2,1-2H3,(H,15,16)(H,17,18). The first-order valence-electron chi connectivity index (χ1n) is 6.86. The van der Waals surface area contributed by atoms with Crippen LogP contribution in [-0.4, -0.2) is 46.6 Å². The Hall–Kier alpha value is -1.40. The average Bonchev–Trinajstić information content (AvgIpc) is 2.39. The van der Waals surface area contributed by atoms with Crippen LogP contribution in [0.4, 0.5) is 0 Å². The molecule has 0 spiro atoms. The lowest BCUT2D eigenvalue weighted by Gasteiger charge is -2.54. The first-order chi connectivity index (χ1) is 9.42. The first-order valence-corrected chi connectivity index (χ1v) is 6.86. The minimum Gasteiger partial charge on any atom is -0.481 e. The molecular weight excluding hydrogens is 264 g/mol. The second-order valence-electron chi connectivity index (χ2n) is 5.24. The van der Waals surface area contributed by atoms with Gasteiger partial charge in [-0.3, -0.25) is 9.59 Å². The second kappa shape index (κ2) is 5.18. The monoisotopic (exact) mass is 284 g/mol. The SMILES string of the molecule is CCOC12C=CC(OCC)(CC1)C(C(=O)O)C2C(=O)O. The Kier molecular flexibility index (Phi) is 3.88.